The number of hydrogen-bond donors (Lipinski definition) is 0. The van der Waals surface area contributed by atoms with Crippen LogP contribution in [0.4, 0.5) is 4.39 Å². The first kappa shape index (κ1) is 15.8. The van der Waals surface area contributed by atoms with Crippen molar-refractivity contribution in [2.75, 3.05) is 41.4 Å². The predicted octanol–water partition coefficient (Wildman–Crippen LogP) is 1.25. The molecular weight excluding hydrogens is 183 g/mol. The lowest BCUT2D eigenvalue weighted by atomic mass is 10.1. The van der Waals surface area contributed by atoms with E-state index >= 15 is 0 Å². The van der Waals surface area contributed by atoms with Gasteiger partial charge in [-0.15, -0.1) is 0 Å². The number of carbonyl (C=O) groups excluding carboxylic acids is 1. The van der Waals surface area contributed by atoms with Crippen molar-refractivity contribution in [3.05, 3.63) is 0 Å². The molecule has 1 amide bonds. The van der Waals surface area contributed by atoms with E-state index in [1.54, 1.807) is 19.0 Å². The molecule has 0 aliphatic rings. The summed E-state index contributed by atoms with van der Waals surface area (Å²) in [4.78, 5) is 15.2. The molecule has 0 bridgehead atoms. The molecule has 4 heteroatoms. The summed E-state index contributed by atoms with van der Waals surface area (Å²) in [6.07, 6.45) is 0. The molecule has 3 nitrogen and oxygen atoms in total. The van der Waals surface area contributed by atoms with Crippen LogP contribution in [0, 0.1) is 5.92 Å². The standard InChI is InChI=1S/C9H20N2O.CH3F/c1-6-11(5)7-8(2)9(12)10(3)4;1-2/h8H,6-7H2,1-5H3;1H3. The molecule has 0 radical (unpaired) electrons. The number of hydrogen-bond acceptors (Lipinski definition) is 2. The number of halogens is 1. The van der Waals surface area contributed by atoms with Gasteiger partial charge >= 0.3 is 0 Å². The molecule has 14 heavy (non-hydrogen) atoms. The van der Waals surface area contributed by atoms with Gasteiger partial charge in [-0.25, -0.2) is 0 Å². The highest BCUT2D eigenvalue weighted by Gasteiger charge is 2.15. The van der Waals surface area contributed by atoms with Gasteiger partial charge in [-0.1, -0.05) is 13.8 Å². The SMILES string of the molecule is CCN(C)CC(C)C(=O)N(C)C.CF. The minimum Gasteiger partial charge on any atom is -0.349 e. The highest BCUT2D eigenvalue weighted by Crippen LogP contribution is 2.00. The maximum absolute atomic E-state index is 11.4. The van der Waals surface area contributed by atoms with Crippen LogP contribution in [0.1, 0.15) is 13.8 Å². The Bertz CT molecular complexity index is 151. The lowest BCUT2D eigenvalue weighted by Crippen LogP contribution is -2.35. The van der Waals surface area contributed by atoms with Gasteiger partial charge in [0.25, 0.3) is 0 Å². The Kier molecular flexibility index (Phi) is 10.1. The average molecular weight is 206 g/mol. The summed E-state index contributed by atoms with van der Waals surface area (Å²) in [6.45, 7) is 5.89. The highest BCUT2D eigenvalue weighted by atomic mass is 19.1. The van der Waals surface area contributed by atoms with Crippen molar-refractivity contribution in [2.24, 2.45) is 5.92 Å². The molecule has 0 aliphatic heterocycles. The van der Waals surface area contributed by atoms with Crippen molar-refractivity contribution in [2.45, 2.75) is 13.8 Å². The number of amides is 1. The summed E-state index contributed by atoms with van der Waals surface area (Å²) in [5.41, 5.74) is 0. The van der Waals surface area contributed by atoms with E-state index in [0.717, 1.165) is 13.1 Å². The van der Waals surface area contributed by atoms with Crippen LogP contribution in [0.15, 0.2) is 0 Å². The van der Waals surface area contributed by atoms with E-state index in [9.17, 15) is 9.18 Å². The monoisotopic (exact) mass is 206 g/mol. The molecule has 1 unspecified atom stereocenters. The quantitative estimate of drug-likeness (QED) is 0.691. The minimum atomic E-state index is 0.102. The highest BCUT2D eigenvalue weighted by molar-refractivity contribution is 5.78. The molecule has 0 rings (SSSR count). The third kappa shape index (κ3) is 6.83. The summed E-state index contributed by atoms with van der Waals surface area (Å²) in [5.74, 6) is 0.306. The molecule has 0 aromatic carbocycles. The Hall–Kier alpha value is -0.640. The second-order valence-corrected chi connectivity index (χ2v) is 3.49. The normalized spacial score (nSPS) is 11.7. The van der Waals surface area contributed by atoms with E-state index in [-0.39, 0.29) is 11.8 Å². The fourth-order valence-corrected chi connectivity index (χ4v) is 1.12. The lowest BCUT2D eigenvalue weighted by Gasteiger charge is -2.21. The van der Waals surface area contributed by atoms with Gasteiger partial charge in [0.15, 0.2) is 0 Å². The molecule has 0 aliphatic carbocycles. The van der Waals surface area contributed by atoms with Gasteiger partial charge in [-0.05, 0) is 13.6 Å². The van der Waals surface area contributed by atoms with Gasteiger partial charge in [0.1, 0.15) is 0 Å². The van der Waals surface area contributed by atoms with Crippen molar-refractivity contribution in [1.82, 2.24) is 9.80 Å². The van der Waals surface area contributed by atoms with Gasteiger partial charge in [-0.2, -0.15) is 0 Å². The largest absolute Gasteiger partial charge is 0.349 e. The molecule has 0 aromatic rings. The van der Waals surface area contributed by atoms with Crippen LogP contribution in [0.5, 0.6) is 0 Å². The van der Waals surface area contributed by atoms with Crippen molar-refractivity contribution in [1.29, 1.82) is 0 Å². The van der Waals surface area contributed by atoms with E-state index < -0.39 is 0 Å². The molecule has 0 heterocycles. The summed E-state index contributed by atoms with van der Waals surface area (Å²) >= 11 is 0. The number of carbonyl (C=O) groups is 1. The van der Waals surface area contributed by atoms with Gasteiger partial charge < -0.3 is 9.80 Å². The van der Waals surface area contributed by atoms with Crippen molar-refractivity contribution < 1.29 is 9.18 Å². The van der Waals surface area contributed by atoms with Crippen LogP contribution < -0.4 is 0 Å². The molecule has 86 valence electrons. The number of rotatable bonds is 4. The summed E-state index contributed by atoms with van der Waals surface area (Å²) < 4.78 is 9.50. The predicted molar refractivity (Wildman–Crippen MR) is 58.1 cm³/mol. The fourth-order valence-electron chi connectivity index (χ4n) is 1.12. The Morgan fingerprint density at radius 2 is 1.71 bits per heavy atom. The van der Waals surface area contributed by atoms with E-state index in [0.29, 0.717) is 7.18 Å². The smallest absolute Gasteiger partial charge is 0.226 e. The van der Waals surface area contributed by atoms with E-state index in [4.69, 9.17) is 0 Å². The summed E-state index contributed by atoms with van der Waals surface area (Å²) in [6, 6.07) is 0. The van der Waals surface area contributed by atoms with Crippen LogP contribution >= 0.6 is 0 Å². The molecule has 0 saturated carbocycles. The van der Waals surface area contributed by atoms with E-state index in [1.165, 1.54) is 0 Å². The maximum atomic E-state index is 11.4. The summed E-state index contributed by atoms with van der Waals surface area (Å²) in [7, 11) is 6.12. The molecular formula is C10H23FN2O. The van der Waals surface area contributed by atoms with Crippen LogP contribution in [-0.2, 0) is 4.79 Å². The minimum absolute atomic E-state index is 0.102. The first-order chi connectivity index (χ1) is 6.49. The van der Waals surface area contributed by atoms with Crippen LogP contribution in [-0.4, -0.2) is 57.1 Å². The molecule has 0 saturated heterocycles. The number of nitrogens with zero attached hydrogens (tertiary/aromatic N) is 2. The zero-order chi connectivity index (χ0) is 11.7. The second kappa shape index (κ2) is 8.94. The topological polar surface area (TPSA) is 23.6 Å². The first-order valence-electron chi connectivity index (χ1n) is 4.76. The third-order valence-electron chi connectivity index (χ3n) is 1.99. The van der Waals surface area contributed by atoms with Crippen LogP contribution in [0.2, 0.25) is 0 Å². The molecule has 0 N–H and O–H groups in total. The van der Waals surface area contributed by atoms with Gasteiger partial charge in [0, 0.05) is 26.6 Å². The van der Waals surface area contributed by atoms with E-state index in [2.05, 4.69) is 11.8 Å². The van der Waals surface area contributed by atoms with Crippen molar-refractivity contribution in [3.63, 3.8) is 0 Å². The van der Waals surface area contributed by atoms with Gasteiger partial charge in [0.2, 0.25) is 5.91 Å². The molecule has 1 atom stereocenters. The Labute approximate surface area is 86.9 Å². The molecule has 0 spiro atoms. The van der Waals surface area contributed by atoms with Gasteiger partial charge in [0.05, 0.1) is 7.18 Å². The third-order valence-corrected chi connectivity index (χ3v) is 1.99. The van der Waals surface area contributed by atoms with Crippen LogP contribution in [0.3, 0.4) is 0 Å². The van der Waals surface area contributed by atoms with Crippen molar-refractivity contribution >= 4 is 5.91 Å². The first-order valence-corrected chi connectivity index (χ1v) is 4.76. The lowest BCUT2D eigenvalue weighted by molar-refractivity contribution is -0.132. The van der Waals surface area contributed by atoms with Crippen LogP contribution in [0.25, 0.3) is 0 Å². The Balaban J connectivity index is 0. The fraction of sp³-hybridized carbons (Fsp3) is 0.900. The van der Waals surface area contributed by atoms with E-state index in [1.807, 2.05) is 14.0 Å². The average Bonchev–Trinajstić information content (AvgIpc) is 2.19. The van der Waals surface area contributed by atoms with Gasteiger partial charge in [-0.3, -0.25) is 9.18 Å². The second-order valence-electron chi connectivity index (χ2n) is 3.49. The Morgan fingerprint density at radius 3 is 2.00 bits per heavy atom. The zero-order valence-electron chi connectivity index (χ0n) is 10.2. The summed E-state index contributed by atoms with van der Waals surface area (Å²) in [5, 5.41) is 0. The zero-order valence-corrected chi connectivity index (χ0v) is 10.2. The molecule has 0 fully saturated rings. The number of alkyl halides is 1. The van der Waals surface area contributed by atoms with Crippen molar-refractivity contribution in [3.8, 4) is 0 Å². The molecule has 0 aromatic heterocycles. The Morgan fingerprint density at radius 1 is 1.29 bits per heavy atom. The maximum Gasteiger partial charge on any atom is 0.226 e.